The zero-order chi connectivity index (χ0) is 22.9. The van der Waals surface area contributed by atoms with Gasteiger partial charge in [0.1, 0.15) is 5.52 Å². The van der Waals surface area contributed by atoms with E-state index in [0.717, 1.165) is 10.4 Å². The SMILES string of the molecule is C[N+](=O)c1ccc2nc(-c3ccc(NC(=O)c4ccc(-n5cccn5)cc4)cc3)n(O)c2c1. The van der Waals surface area contributed by atoms with Gasteiger partial charge in [-0.3, -0.25) is 4.79 Å². The van der Waals surface area contributed by atoms with E-state index in [1.54, 1.807) is 65.5 Å². The van der Waals surface area contributed by atoms with E-state index >= 15 is 0 Å². The largest absolute Gasteiger partial charge is 0.426 e. The summed E-state index contributed by atoms with van der Waals surface area (Å²) < 4.78 is 3.39. The van der Waals surface area contributed by atoms with Crippen LogP contribution in [-0.2, 0) is 0 Å². The molecule has 2 N–H and O–H groups in total. The Morgan fingerprint density at radius 1 is 1.03 bits per heavy atom. The molecule has 9 heteroatoms. The molecule has 0 aliphatic heterocycles. The number of anilines is 1. The molecule has 0 atom stereocenters. The van der Waals surface area contributed by atoms with Crippen molar-refractivity contribution in [3.8, 4) is 17.1 Å². The van der Waals surface area contributed by atoms with Crippen LogP contribution in [0.5, 0.6) is 0 Å². The molecule has 2 aromatic heterocycles. The number of rotatable bonds is 5. The number of carbonyl (C=O) groups excluding carboxylic acids is 1. The van der Waals surface area contributed by atoms with Crippen molar-refractivity contribution < 1.29 is 14.8 Å². The molecule has 0 saturated heterocycles. The van der Waals surface area contributed by atoms with E-state index in [4.69, 9.17) is 0 Å². The third kappa shape index (κ3) is 3.83. The first kappa shape index (κ1) is 20.1. The molecular weight excluding hydrogens is 420 g/mol. The van der Waals surface area contributed by atoms with E-state index in [9.17, 15) is 14.9 Å². The number of nitrogens with one attached hydrogen (secondary N) is 1. The van der Waals surface area contributed by atoms with E-state index < -0.39 is 0 Å². The number of hydrogen-bond donors (Lipinski definition) is 2. The second-order valence-electron chi connectivity index (χ2n) is 7.45. The Kier molecular flexibility index (Phi) is 4.91. The summed E-state index contributed by atoms with van der Waals surface area (Å²) in [7, 11) is 1.39. The fourth-order valence-corrected chi connectivity index (χ4v) is 3.53. The van der Waals surface area contributed by atoms with Crippen LogP contribution in [0, 0.1) is 4.91 Å². The molecule has 5 rings (SSSR count). The molecule has 0 saturated carbocycles. The normalized spacial score (nSPS) is 10.9. The summed E-state index contributed by atoms with van der Waals surface area (Å²) in [6.07, 6.45) is 3.52. The molecule has 3 aromatic carbocycles. The number of fused-ring (bicyclic) bond motifs is 1. The van der Waals surface area contributed by atoms with Gasteiger partial charge in [0, 0.05) is 51.0 Å². The summed E-state index contributed by atoms with van der Waals surface area (Å²) in [5.74, 6) is 0.0983. The third-order valence-electron chi connectivity index (χ3n) is 5.28. The lowest BCUT2D eigenvalue weighted by Gasteiger charge is -2.08. The Bertz CT molecular complexity index is 1470. The Balaban J connectivity index is 1.34. The van der Waals surface area contributed by atoms with E-state index in [1.807, 2.05) is 24.4 Å². The van der Waals surface area contributed by atoms with Gasteiger partial charge in [-0.15, -0.1) is 0 Å². The smallest absolute Gasteiger partial charge is 0.257 e. The predicted octanol–water partition coefficient (Wildman–Crippen LogP) is 4.42. The molecular formula is C24H19N6O3+. The molecule has 33 heavy (non-hydrogen) atoms. The first-order valence-electron chi connectivity index (χ1n) is 10.1. The van der Waals surface area contributed by atoms with Gasteiger partial charge >= 0.3 is 0 Å². The fourth-order valence-electron chi connectivity index (χ4n) is 3.53. The van der Waals surface area contributed by atoms with Crippen molar-refractivity contribution in [2.75, 3.05) is 12.4 Å². The van der Waals surface area contributed by atoms with Crippen molar-refractivity contribution in [2.24, 2.45) is 0 Å². The number of hydrogen-bond acceptors (Lipinski definition) is 5. The molecule has 9 nitrogen and oxygen atoms in total. The highest BCUT2D eigenvalue weighted by atomic mass is 16.5. The first-order chi connectivity index (χ1) is 16.0. The molecule has 2 heterocycles. The number of benzene rings is 3. The van der Waals surface area contributed by atoms with Gasteiger partial charge < -0.3 is 10.5 Å². The highest BCUT2D eigenvalue weighted by molar-refractivity contribution is 6.04. The standard InChI is InChI=1S/C24H18N6O3/c1-28(32)20-11-12-21-22(15-20)30(33)23(27-21)16-3-7-18(8-4-16)26-24(31)17-5-9-19(10-6-17)29-14-2-13-25-29/h2-15H,1H3,(H-,26,27,31,32,33)/p+1. The minimum Gasteiger partial charge on any atom is -0.426 e. The van der Waals surface area contributed by atoms with Crippen molar-refractivity contribution in [1.82, 2.24) is 19.5 Å². The van der Waals surface area contributed by atoms with Gasteiger partial charge in [0.15, 0.2) is 12.9 Å². The molecule has 1 amide bonds. The number of nitroso groups, excluding NO2 is 1. The first-order valence-corrected chi connectivity index (χ1v) is 10.1. The van der Waals surface area contributed by atoms with E-state index in [0.29, 0.717) is 44.1 Å². The monoisotopic (exact) mass is 439 g/mol. The second-order valence-corrected chi connectivity index (χ2v) is 7.45. The molecule has 0 bridgehead atoms. The highest BCUT2D eigenvalue weighted by Gasteiger charge is 2.16. The lowest BCUT2D eigenvalue weighted by Crippen LogP contribution is -2.12. The lowest BCUT2D eigenvalue weighted by atomic mass is 10.1. The van der Waals surface area contributed by atoms with Gasteiger partial charge in [-0.05, 0) is 60.7 Å². The zero-order valence-corrected chi connectivity index (χ0v) is 17.6. The fraction of sp³-hybridized carbons (Fsp3) is 0.0417. The van der Waals surface area contributed by atoms with Crippen LogP contribution in [0.25, 0.3) is 28.1 Å². The van der Waals surface area contributed by atoms with Gasteiger partial charge in [0.25, 0.3) is 11.6 Å². The molecule has 0 aliphatic rings. The maximum Gasteiger partial charge on any atom is 0.257 e. The summed E-state index contributed by atoms with van der Waals surface area (Å²) in [6, 6.07) is 20.8. The molecule has 0 radical (unpaired) electrons. The molecule has 0 unspecified atom stereocenters. The number of carbonyl (C=O) groups is 1. The van der Waals surface area contributed by atoms with Crippen molar-refractivity contribution in [2.45, 2.75) is 0 Å². The van der Waals surface area contributed by atoms with Crippen LogP contribution in [0.4, 0.5) is 11.4 Å². The van der Waals surface area contributed by atoms with E-state index in [-0.39, 0.29) is 5.91 Å². The number of imidazole rings is 1. The zero-order valence-electron chi connectivity index (χ0n) is 17.6. The third-order valence-corrected chi connectivity index (χ3v) is 5.28. The van der Waals surface area contributed by atoms with Gasteiger partial charge in [0.2, 0.25) is 0 Å². The predicted molar refractivity (Wildman–Crippen MR) is 123 cm³/mol. The number of nitrogens with zero attached hydrogens (tertiary/aromatic N) is 5. The Morgan fingerprint density at radius 2 is 1.79 bits per heavy atom. The summed E-state index contributed by atoms with van der Waals surface area (Å²) in [4.78, 5) is 28.6. The van der Waals surface area contributed by atoms with Crippen molar-refractivity contribution in [3.63, 3.8) is 0 Å². The van der Waals surface area contributed by atoms with E-state index in [2.05, 4.69) is 15.4 Å². The average molecular weight is 439 g/mol. The van der Waals surface area contributed by atoms with Crippen molar-refractivity contribution in [1.29, 1.82) is 0 Å². The van der Waals surface area contributed by atoms with Crippen LogP contribution in [0.15, 0.2) is 85.2 Å². The quantitative estimate of drug-likeness (QED) is 0.312. The van der Waals surface area contributed by atoms with Gasteiger partial charge in [-0.2, -0.15) is 9.83 Å². The summed E-state index contributed by atoms with van der Waals surface area (Å²) in [5, 5.41) is 17.6. The Labute approximate surface area is 188 Å². The number of amides is 1. The number of aromatic nitrogens is 4. The van der Waals surface area contributed by atoms with E-state index in [1.165, 1.54) is 7.05 Å². The molecule has 5 aromatic rings. The van der Waals surface area contributed by atoms with Crippen LogP contribution < -0.4 is 5.32 Å². The van der Waals surface area contributed by atoms with Gasteiger partial charge in [-0.1, -0.05) is 0 Å². The topological polar surface area (TPSA) is 105 Å². The molecule has 0 fully saturated rings. The van der Waals surface area contributed by atoms with Crippen LogP contribution in [0.1, 0.15) is 10.4 Å². The summed E-state index contributed by atoms with van der Waals surface area (Å²) in [6.45, 7) is 0. The van der Waals surface area contributed by atoms with Crippen LogP contribution in [0.3, 0.4) is 0 Å². The molecule has 0 aliphatic carbocycles. The van der Waals surface area contributed by atoms with Gasteiger partial charge in [0.05, 0.1) is 11.2 Å². The minimum atomic E-state index is -0.238. The van der Waals surface area contributed by atoms with Crippen LogP contribution in [-0.4, -0.2) is 42.4 Å². The second kappa shape index (κ2) is 8.04. The summed E-state index contributed by atoms with van der Waals surface area (Å²) in [5.41, 5.74) is 4.06. The van der Waals surface area contributed by atoms with Crippen molar-refractivity contribution in [3.05, 3.63) is 95.7 Å². The Morgan fingerprint density at radius 3 is 2.45 bits per heavy atom. The Hall–Kier alpha value is -4.79. The minimum absolute atomic E-state index is 0.238. The van der Waals surface area contributed by atoms with Gasteiger partial charge in [-0.25, -0.2) is 9.67 Å². The maximum atomic E-state index is 12.6. The lowest BCUT2D eigenvalue weighted by molar-refractivity contribution is -0.428. The van der Waals surface area contributed by atoms with Crippen LogP contribution >= 0.6 is 0 Å². The molecule has 162 valence electrons. The van der Waals surface area contributed by atoms with Crippen molar-refractivity contribution >= 4 is 28.3 Å². The average Bonchev–Trinajstić information content (AvgIpc) is 3.48. The van der Waals surface area contributed by atoms with Crippen LogP contribution in [0.2, 0.25) is 0 Å². The highest BCUT2D eigenvalue weighted by Crippen LogP contribution is 2.27. The summed E-state index contributed by atoms with van der Waals surface area (Å²) >= 11 is 0. The maximum absolute atomic E-state index is 12.6. The molecule has 0 spiro atoms.